The Morgan fingerprint density at radius 3 is 2.13 bits per heavy atom. The first-order chi connectivity index (χ1) is 6.76. The second kappa shape index (κ2) is 4.14. The SMILES string of the molecule is Cc1cc(S(=O)(=O)C(C)C)c(C)cc1Cl. The molecule has 0 bridgehead atoms. The Kier molecular flexibility index (Phi) is 3.46. The lowest BCUT2D eigenvalue weighted by atomic mass is 10.2. The number of rotatable bonds is 2. The summed E-state index contributed by atoms with van der Waals surface area (Å²) in [6.45, 7) is 6.93. The lowest BCUT2D eigenvalue weighted by Gasteiger charge is -2.12. The van der Waals surface area contributed by atoms with Crippen LogP contribution in [0.1, 0.15) is 25.0 Å². The zero-order chi connectivity index (χ0) is 11.8. The van der Waals surface area contributed by atoms with Crippen molar-refractivity contribution in [2.75, 3.05) is 0 Å². The zero-order valence-corrected chi connectivity index (χ0v) is 10.9. The Bertz CT molecular complexity index is 476. The second-order valence-electron chi connectivity index (χ2n) is 3.96. The molecule has 0 radical (unpaired) electrons. The Morgan fingerprint density at radius 1 is 1.13 bits per heavy atom. The highest BCUT2D eigenvalue weighted by Gasteiger charge is 2.21. The summed E-state index contributed by atoms with van der Waals surface area (Å²) in [6.07, 6.45) is 0. The first kappa shape index (κ1) is 12.5. The summed E-state index contributed by atoms with van der Waals surface area (Å²) < 4.78 is 23.9. The molecule has 0 atom stereocenters. The predicted molar refractivity (Wildman–Crippen MR) is 63.2 cm³/mol. The van der Waals surface area contributed by atoms with E-state index in [1.54, 1.807) is 39.8 Å². The Labute approximate surface area is 96.2 Å². The highest BCUT2D eigenvalue weighted by atomic mass is 35.5. The van der Waals surface area contributed by atoms with E-state index in [2.05, 4.69) is 0 Å². The van der Waals surface area contributed by atoms with Gasteiger partial charge < -0.3 is 0 Å². The van der Waals surface area contributed by atoms with Crippen LogP contribution in [0.3, 0.4) is 0 Å². The summed E-state index contributed by atoms with van der Waals surface area (Å²) in [6, 6.07) is 3.35. The molecule has 2 nitrogen and oxygen atoms in total. The van der Waals surface area contributed by atoms with Crippen LogP contribution in [0.25, 0.3) is 0 Å². The third-order valence-corrected chi connectivity index (χ3v) is 5.08. The van der Waals surface area contributed by atoms with Crippen LogP contribution in [0.2, 0.25) is 5.02 Å². The van der Waals surface area contributed by atoms with Crippen LogP contribution in [0.15, 0.2) is 17.0 Å². The van der Waals surface area contributed by atoms with Gasteiger partial charge in [-0.05, 0) is 51.0 Å². The van der Waals surface area contributed by atoms with Gasteiger partial charge in [0.15, 0.2) is 9.84 Å². The molecule has 0 fully saturated rings. The molecule has 1 aromatic carbocycles. The van der Waals surface area contributed by atoms with Crippen molar-refractivity contribution in [1.29, 1.82) is 0 Å². The van der Waals surface area contributed by atoms with Crippen molar-refractivity contribution in [2.24, 2.45) is 0 Å². The van der Waals surface area contributed by atoms with Crippen LogP contribution < -0.4 is 0 Å². The monoisotopic (exact) mass is 246 g/mol. The van der Waals surface area contributed by atoms with E-state index in [1.165, 1.54) is 0 Å². The standard InChI is InChI=1S/C11H15ClO2S/c1-7(2)15(13,14)11-6-8(3)10(12)5-9(11)4/h5-7H,1-4H3. The van der Waals surface area contributed by atoms with Gasteiger partial charge in [-0.2, -0.15) is 0 Å². The quantitative estimate of drug-likeness (QED) is 0.804. The summed E-state index contributed by atoms with van der Waals surface area (Å²) in [4.78, 5) is 0.388. The fraction of sp³-hybridized carbons (Fsp3) is 0.455. The number of hydrogen-bond acceptors (Lipinski definition) is 2. The highest BCUT2D eigenvalue weighted by molar-refractivity contribution is 7.92. The van der Waals surface area contributed by atoms with Crippen molar-refractivity contribution in [2.45, 2.75) is 37.8 Å². The molecule has 0 saturated carbocycles. The van der Waals surface area contributed by atoms with E-state index in [4.69, 9.17) is 11.6 Å². The van der Waals surface area contributed by atoms with E-state index in [0.29, 0.717) is 15.5 Å². The molecule has 15 heavy (non-hydrogen) atoms. The van der Waals surface area contributed by atoms with E-state index in [0.717, 1.165) is 5.56 Å². The fourth-order valence-corrected chi connectivity index (χ4v) is 2.89. The molecular formula is C11H15ClO2S. The Morgan fingerprint density at radius 2 is 1.67 bits per heavy atom. The summed E-state index contributed by atoms with van der Waals surface area (Å²) in [5.74, 6) is 0. The van der Waals surface area contributed by atoms with E-state index >= 15 is 0 Å². The molecule has 0 unspecified atom stereocenters. The lowest BCUT2D eigenvalue weighted by Crippen LogP contribution is -2.15. The molecule has 0 saturated heterocycles. The molecule has 1 aromatic rings. The average Bonchev–Trinajstić information content (AvgIpc) is 2.10. The maximum atomic E-state index is 12.0. The smallest absolute Gasteiger partial charge is 0.180 e. The van der Waals surface area contributed by atoms with Crippen molar-refractivity contribution >= 4 is 21.4 Å². The van der Waals surface area contributed by atoms with Gasteiger partial charge in [0.25, 0.3) is 0 Å². The topological polar surface area (TPSA) is 34.1 Å². The van der Waals surface area contributed by atoms with Gasteiger partial charge in [-0.1, -0.05) is 11.6 Å². The molecule has 84 valence electrons. The molecule has 0 N–H and O–H groups in total. The van der Waals surface area contributed by atoms with E-state index < -0.39 is 15.1 Å². The van der Waals surface area contributed by atoms with Gasteiger partial charge in [0.05, 0.1) is 10.1 Å². The number of hydrogen-bond donors (Lipinski definition) is 0. The molecule has 0 aliphatic rings. The van der Waals surface area contributed by atoms with Crippen LogP contribution >= 0.6 is 11.6 Å². The number of sulfone groups is 1. The largest absolute Gasteiger partial charge is 0.223 e. The van der Waals surface area contributed by atoms with Crippen molar-refractivity contribution in [3.8, 4) is 0 Å². The van der Waals surface area contributed by atoms with Crippen molar-refractivity contribution < 1.29 is 8.42 Å². The minimum atomic E-state index is -3.21. The molecular weight excluding hydrogens is 232 g/mol. The minimum Gasteiger partial charge on any atom is -0.223 e. The first-order valence-electron chi connectivity index (χ1n) is 4.77. The lowest BCUT2D eigenvalue weighted by molar-refractivity contribution is 0.586. The van der Waals surface area contributed by atoms with Gasteiger partial charge in [-0.3, -0.25) is 0 Å². The van der Waals surface area contributed by atoms with Gasteiger partial charge >= 0.3 is 0 Å². The van der Waals surface area contributed by atoms with E-state index in [-0.39, 0.29) is 0 Å². The normalized spacial score (nSPS) is 12.1. The van der Waals surface area contributed by atoms with Gasteiger partial charge in [0, 0.05) is 5.02 Å². The number of aryl methyl sites for hydroxylation is 2. The maximum absolute atomic E-state index is 12.0. The molecule has 0 aliphatic carbocycles. The van der Waals surface area contributed by atoms with Crippen LogP contribution in [0.4, 0.5) is 0 Å². The van der Waals surface area contributed by atoms with Crippen LogP contribution in [-0.4, -0.2) is 13.7 Å². The molecule has 0 heterocycles. The van der Waals surface area contributed by atoms with Crippen molar-refractivity contribution in [3.05, 3.63) is 28.3 Å². The molecule has 1 rings (SSSR count). The molecule has 4 heteroatoms. The fourth-order valence-electron chi connectivity index (χ4n) is 1.31. The summed E-state index contributed by atoms with van der Waals surface area (Å²) in [5.41, 5.74) is 1.50. The van der Waals surface area contributed by atoms with Crippen LogP contribution in [-0.2, 0) is 9.84 Å². The zero-order valence-electron chi connectivity index (χ0n) is 9.33. The summed E-state index contributed by atoms with van der Waals surface area (Å²) >= 11 is 5.92. The molecule has 0 aromatic heterocycles. The van der Waals surface area contributed by atoms with Crippen molar-refractivity contribution in [1.82, 2.24) is 0 Å². The Hall–Kier alpha value is -0.540. The van der Waals surface area contributed by atoms with E-state index in [9.17, 15) is 8.42 Å². The van der Waals surface area contributed by atoms with Crippen molar-refractivity contribution in [3.63, 3.8) is 0 Å². The van der Waals surface area contributed by atoms with E-state index in [1.807, 2.05) is 0 Å². The summed E-state index contributed by atoms with van der Waals surface area (Å²) in [5, 5.41) is 0.201. The molecule has 0 aliphatic heterocycles. The third kappa shape index (κ3) is 2.34. The van der Waals surface area contributed by atoms with Crippen LogP contribution in [0, 0.1) is 13.8 Å². The minimum absolute atomic E-state index is 0.388. The maximum Gasteiger partial charge on any atom is 0.180 e. The molecule has 0 amide bonds. The summed E-state index contributed by atoms with van der Waals surface area (Å²) in [7, 11) is -3.21. The third-order valence-electron chi connectivity index (χ3n) is 2.38. The van der Waals surface area contributed by atoms with Crippen LogP contribution in [0.5, 0.6) is 0 Å². The van der Waals surface area contributed by atoms with Gasteiger partial charge in [0.1, 0.15) is 0 Å². The number of halogens is 1. The average molecular weight is 247 g/mol. The second-order valence-corrected chi connectivity index (χ2v) is 6.84. The predicted octanol–water partition coefficient (Wildman–Crippen LogP) is 3.14. The van der Waals surface area contributed by atoms with Gasteiger partial charge in [0.2, 0.25) is 0 Å². The van der Waals surface area contributed by atoms with Gasteiger partial charge in [-0.15, -0.1) is 0 Å². The highest BCUT2D eigenvalue weighted by Crippen LogP contribution is 2.26. The first-order valence-corrected chi connectivity index (χ1v) is 6.70. The Balaban J connectivity index is 3.46. The van der Waals surface area contributed by atoms with Gasteiger partial charge in [-0.25, -0.2) is 8.42 Å². The molecule has 0 spiro atoms. The number of benzene rings is 1.